The molecule has 0 unspecified atom stereocenters. The number of hydrogen-bond acceptors (Lipinski definition) is 5. The van der Waals surface area contributed by atoms with E-state index < -0.39 is 5.97 Å². The summed E-state index contributed by atoms with van der Waals surface area (Å²) >= 11 is 0. The largest absolute Gasteiger partial charge is 0.422 e. The molecule has 0 aliphatic rings. The molecule has 0 aliphatic heterocycles. The number of hydrogen-bond donors (Lipinski definition) is 0. The highest BCUT2D eigenvalue weighted by molar-refractivity contribution is 5.90. The molecule has 6 nitrogen and oxygen atoms in total. The van der Waals surface area contributed by atoms with Gasteiger partial charge in [-0.3, -0.25) is 0 Å². The van der Waals surface area contributed by atoms with E-state index in [9.17, 15) is 4.79 Å². The number of rotatable bonds is 3. The molecule has 0 bridgehead atoms. The third kappa shape index (κ3) is 2.54. The number of benzene rings is 2. The molecule has 0 atom stereocenters. The van der Waals surface area contributed by atoms with Crippen molar-refractivity contribution < 1.29 is 14.1 Å². The molecule has 0 N–H and O–H groups in total. The van der Waals surface area contributed by atoms with Gasteiger partial charge in [-0.15, -0.1) is 0 Å². The Hall–Kier alpha value is -3.41. The van der Waals surface area contributed by atoms with Crippen LogP contribution in [0.1, 0.15) is 10.5 Å². The van der Waals surface area contributed by atoms with E-state index in [0.717, 1.165) is 16.6 Å². The fourth-order valence-electron chi connectivity index (χ4n) is 2.45. The average Bonchev–Trinajstić information content (AvgIpc) is 3.23. The molecule has 24 heavy (non-hydrogen) atoms. The van der Waals surface area contributed by atoms with E-state index in [1.165, 1.54) is 0 Å². The zero-order valence-electron chi connectivity index (χ0n) is 12.8. The van der Waals surface area contributed by atoms with Gasteiger partial charge in [-0.2, -0.15) is 0 Å². The van der Waals surface area contributed by atoms with Crippen LogP contribution >= 0.6 is 0 Å². The van der Waals surface area contributed by atoms with Crippen LogP contribution in [-0.4, -0.2) is 20.7 Å². The first-order valence-corrected chi connectivity index (χ1v) is 7.36. The van der Waals surface area contributed by atoms with Crippen molar-refractivity contribution in [1.29, 1.82) is 0 Å². The van der Waals surface area contributed by atoms with Gasteiger partial charge in [-0.25, -0.2) is 9.78 Å². The first kappa shape index (κ1) is 14.2. The molecule has 4 rings (SSSR count). The number of ether oxygens (including phenoxy) is 1. The van der Waals surface area contributed by atoms with Gasteiger partial charge in [0.2, 0.25) is 0 Å². The Morgan fingerprint density at radius 2 is 1.96 bits per heavy atom. The molecule has 0 amide bonds. The first-order valence-electron chi connectivity index (χ1n) is 7.36. The number of aromatic nitrogens is 3. The van der Waals surface area contributed by atoms with Crippen LogP contribution < -0.4 is 4.74 Å². The Bertz CT molecular complexity index is 1020. The van der Waals surface area contributed by atoms with Crippen LogP contribution in [0.15, 0.2) is 65.4 Å². The van der Waals surface area contributed by atoms with Gasteiger partial charge in [-0.1, -0.05) is 35.5 Å². The summed E-state index contributed by atoms with van der Waals surface area (Å²) in [4.78, 5) is 16.5. The second-order valence-electron chi connectivity index (χ2n) is 5.34. The molecule has 0 radical (unpaired) electrons. The smallest absolute Gasteiger partial charge is 0.365 e. The van der Waals surface area contributed by atoms with E-state index in [2.05, 4.69) is 10.1 Å². The first-order chi connectivity index (χ1) is 11.7. The van der Waals surface area contributed by atoms with Crippen molar-refractivity contribution in [3.8, 4) is 17.1 Å². The zero-order chi connectivity index (χ0) is 16.5. The number of carbonyl (C=O) groups is 1. The molecule has 0 spiro atoms. The third-order valence-corrected chi connectivity index (χ3v) is 3.69. The molecule has 0 saturated carbocycles. The van der Waals surface area contributed by atoms with Gasteiger partial charge in [0.1, 0.15) is 5.75 Å². The van der Waals surface area contributed by atoms with E-state index >= 15 is 0 Å². The topological polar surface area (TPSA) is 70.2 Å². The maximum Gasteiger partial charge on any atom is 0.365 e. The lowest BCUT2D eigenvalue weighted by atomic mass is 10.2. The monoisotopic (exact) mass is 319 g/mol. The quantitative estimate of drug-likeness (QED) is 0.427. The molecular formula is C18H13N3O3. The van der Waals surface area contributed by atoms with Crippen LogP contribution in [0.3, 0.4) is 0 Å². The van der Waals surface area contributed by atoms with Crippen LogP contribution in [0.25, 0.3) is 22.4 Å². The van der Waals surface area contributed by atoms with Crippen molar-refractivity contribution in [2.45, 2.75) is 0 Å². The molecule has 6 heteroatoms. The van der Waals surface area contributed by atoms with Crippen molar-refractivity contribution in [3.63, 3.8) is 0 Å². The van der Waals surface area contributed by atoms with E-state index in [0.29, 0.717) is 11.5 Å². The summed E-state index contributed by atoms with van der Waals surface area (Å²) in [5, 5.41) is 3.79. The van der Waals surface area contributed by atoms with Gasteiger partial charge in [0, 0.05) is 24.7 Å². The molecule has 118 valence electrons. The number of aryl methyl sites for hydroxylation is 1. The van der Waals surface area contributed by atoms with E-state index in [1.807, 2.05) is 48.0 Å². The molecule has 4 aromatic rings. The lowest BCUT2D eigenvalue weighted by Gasteiger charge is -2.02. The molecule has 2 aromatic heterocycles. The molecule has 0 saturated heterocycles. The molecule has 2 heterocycles. The average molecular weight is 319 g/mol. The Balaban J connectivity index is 1.56. The predicted molar refractivity (Wildman–Crippen MR) is 87.6 cm³/mol. The minimum atomic E-state index is -0.573. The molecule has 0 fully saturated rings. The predicted octanol–water partition coefficient (Wildman–Crippen LogP) is 3.45. The number of fused-ring (bicyclic) bond motifs is 1. The van der Waals surface area contributed by atoms with Crippen molar-refractivity contribution >= 4 is 17.0 Å². The van der Waals surface area contributed by atoms with Crippen molar-refractivity contribution in [2.75, 3.05) is 0 Å². The maximum atomic E-state index is 12.2. The zero-order valence-corrected chi connectivity index (χ0v) is 12.8. The summed E-state index contributed by atoms with van der Waals surface area (Å²) in [6.45, 7) is 0. The van der Waals surface area contributed by atoms with Gasteiger partial charge < -0.3 is 13.8 Å². The van der Waals surface area contributed by atoms with E-state index in [1.54, 1.807) is 24.5 Å². The van der Waals surface area contributed by atoms with Gasteiger partial charge in [0.25, 0.3) is 0 Å². The Morgan fingerprint density at radius 3 is 2.79 bits per heavy atom. The van der Waals surface area contributed by atoms with Crippen LogP contribution in [0.4, 0.5) is 0 Å². The normalized spacial score (nSPS) is 10.9. The summed E-state index contributed by atoms with van der Waals surface area (Å²) in [6.07, 6.45) is 1.71. The Labute approximate surface area is 137 Å². The van der Waals surface area contributed by atoms with E-state index in [-0.39, 0.29) is 5.69 Å². The lowest BCUT2D eigenvalue weighted by Crippen LogP contribution is -2.08. The maximum absolute atomic E-state index is 12.2. The van der Waals surface area contributed by atoms with Gasteiger partial charge in [0.15, 0.2) is 11.5 Å². The van der Waals surface area contributed by atoms with Crippen molar-refractivity contribution in [3.05, 3.63) is 66.6 Å². The highest BCUT2D eigenvalue weighted by Crippen LogP contribution is 2.22. The fraction of sp³-hybridized carbons (Fsp3) is 0.0556. The lowest BCUT2D eigenvalue weighted by molar-refractivity contribution is 0.0724. The van der Waals surface area contributed by atoms with Crippen LogP contribution in [0.5, 0.6) is 5.75 Å². The van der Waals surface area contributed by atoms with Crippen LogP contribution in [-0.2, 0) is 7.05 Å². The standard InChI is InChI=1S/C18H13N3O3/c1-21-11-19-14-9-13(7-8-16(14)21)23-18(22)15-10-17(24-20-15)12-5-3-2-4-6-12/h2-11H,1H3. The fourth-order valence-corrected chi connectivity index (χ4v) is 2.45. The van der Waals surface area contributed by atoms with Gasteiger partial charge >= 0.3 is 5.97 Å². The number of carbonyl (C=O) groups excluding carboxylic acids is 1. The highest BCUT2D eigenvalue weighted by atomic mass is 16.5. The summed E-state index contributed by atoms with van der Waals surface area (Å²) in [7, 11) is 1.90. The number of nitrogens with zero attached hydrogens (tertiary/aromatic N) is 3. The SMILES string of the molecule is Cn1cnc2cc(OC(=O)c3cc(-c4ccccc4)on3)ccc21. The second kappa shape index (κ2) is 5.66. The highest BCUT2D eigenvalue weighted by Gasteiger charge is 2.16. The molecule has 2 aromatic carbocycles. The van der Waals surface area contributed by atoms with E-state index in [4.69, 9.17) is 9.26 Å². The second-order valence-corrected chi connectivity index (χ2v) is 5.34. The molecular weight excluding hydrogens is 306 g/mol. The number of esters is 1. The molecule has 0 aliphatic carbocycles. The third-order valence-electron chi connectivity index (χ3n) is 3.69. The van der Waals surface area contributed by atoms with Crippen molar-refractivity contribution in [2.24, 2.45) is 7.05 Å². The Morgan fingerprint density at radius 1 is 1.12 bits per heavy atom. The van der Waals surface area contributed by atoms with Gasteiger partial charge in [-0.05, 0) is 12.1 Å². The minimum Gasteiger partial charge on any atom is -0.422 e. The summed E-state index contributed by atoms with van der Waals surface area (Å²) in [5.41, 5.74) is 2.68. The van der Waals surface area contributed by atoms with Crippen LogP contribution in [0, 0.1) is 0 Å². The summed E-state index contributed by atoms with van der Waals surface area (Å²) in [5.74, 6) is 0.356. The Kier molecular flexibility index (Phi) is 3.35. The van der Waals surface area contributed by atoms with Crippen LogP contribution in [0.2, 0.25) is 0 Å². The number of imidazole rings is 1. The summed E-state index contributed by atoms with van der Waals surface area (Å²) < 4.78 is 12.5. The summed E-state index contributed by atoms with van der Waals surface area (Å²) in [6, 6.07) is 16.3. The minimum absolute atomic E-state index is 0.120. The van der Waals surface area contributed by atoms with Gasteiger partial charge in [0.05, 0.1) is 17.4 Å². The van der Waals surface area contributed by atoms with Crippen molar-refractivity contribution in [1.82, 2.24) is 14.7 Å².